The Morgan fingerprint density at radius 3 is 2.53 bits per heavy atom. The number of nitrogens with one attached hydrogen (secondary N) is 1. The van der Waals surface area contributed by atoms with E-state index >= 15 is 0 Å². The van der Waals surface area contributed by atoms with Gasteiger partial charge in [0.1, 0.15) is 5.75 Å². The van der Waals surface area contributed by atoms with Crippen LogP contribution >= 0.6 is 0 Å². The Morgan fingerprint density at radius 2 is 2.00 bits per heavy atom. The van der Waals surface area contributed by atoms with Gasteiger partial charge in [-0.25, -0.2) is 9.78 Å². The van der Waals surface area contributed by atoms with E-state index in [1.807, 2.05) is 6.92 Å². The van der Waals surface area contributed by atoms with E-state index in [1.165, 1.54) is 0 Å². The van der Waals surface area contributed by atoms with Gasteiger partial charge in [-0.05, 0) is 30.7 Å². The summed E-state index contributed by atoms with van der Waals surface area (Å²) in [7, 11) is 0. The third kappa shape index (κ3) is 2.13. The van der Waals surface area contributed by atoms with Crippen molar-refractivity contribution in [1.82, 2.24) is 9.97 Å². The van der Waals surface area contributed by atoms with Crippen molar-refractivity contribution in [2.75, 3.05) is 0 Å². The number of benzene rings is 1. The van der Waals surface area contributed by atoms with E-state index in [-0.39, 0.29) is 11.6 Å². The van der Waals surface area contributed by atoms with Crippen molar-refractivity contribution in [3.8, 4) is 17.0 Å². The van der Waals surface area contributed by atoms with Gasteiger partial charge in [-0.15, -0.1) is 0 Å². The molecule has 0 spiro atoms. The fourth-order valence-corrected chi connectivity index (χ4v) is 1.62. The Kier molecular flexibility index (Phi) is 2.82. The highest BCUT2D eigenvalue weighted by Crippen LogP contribution is 2.24. The van der Waals surface area contributed by atoms with E-state index in [0.29, 0.717) is 12.1 Å². The zero-order valence-corrected chi connectivity index (χ0v) is 9.27. The average molecular weight is 232 g/mol. The first-order chi connectivity index (χ1) is 8.11. The van der Waals surface area contributed by atoms with E-state index in [9.17, 15) is 9.90 Å². The lowest BCUT2D eigenvalue weighted by Crippen LogP contribution is -1.98. The molecule has 0 saturated heterocycles. The Hall–Kier alpha value is -2.30. The van der Waals surface area contributed by atoms with Gasteiger partial charge in [0.05, 0.1) is 5.69 Å². The second-order valence-corrected chi connectivity index (χ2v) is 3.62. The third-order valence-corrected chi connectivity index (χ3v) is 2.48. The highest BCUT2D eigenvalue weighted by molar-refractivity contribution is 5.84. The quantitative estimate of drug-likeness (QED) is 0.755. The molecule has 0 fully saturated rings. The van der Waals surface area contributed by atoms with Gasteiger partial charge in [0.2, 0.25) is 5.82 Å². The molecule has 88 valence electrons. The number of rotatable bonds is 3. The standard InChI is InChI=1S/C12H12N2O3/c1-2-9-10(14-11(13-9)12(16)17)7-3-5-8(15)6-4-7/h3-6,15H,2H2,1H3,(H,13,14)(H,16,17). The number of carbonyl (C=O) groups is 1. The summed E-state index contributed by atoms with van der Waals surface area (Å²) in [5, 5.41) is 18.1. The summed E-state index contributed by atoms with van der Waals surface area (Å²) in [5.74, 6) is -0.976. The lowest BCUT2D eigenvalue weighted by molar-refractivity contribution is 0.0684. The molecule has 0 aliphatic rings. The third-order valence-electron chi connectivity index (χ3n) is 2.48. The smallest absolute Gasteiger partial charge is 0.371 e. The van der Waals surface area contributed by atoms with Crippen molar-refractivity contribution in [2.24, 2.45) is 0 Å². The minimum absolute atomic E-state index is 0.0649. The minimum Gasteiger partial charge on any atom is -0.508 e. The summed E-state index contributed by atoms with van der Waals surface area (Å²) in [6.07, 6.45) is 0.663. The monoisotopic (exact) mass is 232 g/mol. The molecule has 0 aliphatic heterocycles. The fourth-order valence-electron chi connectivity index (χ4n) is 1.62. The summed E-state index contributed by atoms with van der Waals surface area (Å²) in [6, 6.07) is 6.50. The van der Waals surface area contributed by atoms with Crippen LogP contribution in [0.15, 0.2) is 24.3 Å². The first kappa shape index (κ1) is 11.2. The van der Waals surface area contributed by atoms with Gasteiger partial charge < -0.3 is 15.2 Å². The number of H-pyrrole nitrogens is 1. The van der Waals surface area contributed by atoms with Gasteiger partial charge in [-0.2, -0.15) is 0 Å². The molecule has 0 unspecified atom stereocenters. The van der Waals surface area contributed by atoms with Crippen LogP contribution in [-0.4, -0.2) is 26.2 Å². The maximum atomic E-state index is 10.8. The molecule has 0 bridgehead atoms. The van der Waals surface area contributed by atoms with Crippen LogP contribution < -0.4 is 0 Å². The zero-order chi connectivity index (χ0) is 12.4. The maximum Gasteiger partial charge on any atom is 0.371 e. The maximum absolute atomic E-state index is 10.8. The first-order valence-corrected chi connectivity index (χ1v) is 5.23. The summed E-state index contributed by atoms with van der Waals surface area (Å²) < 4.78 is 0. The van der Waals surface area contributed by atoms with Crippen molar-refractivity contribution in [2.45, 2.75) is 13.3 Å². The molecule has 0 amide bonds. The second kappa shape index (κ2) is 4.29. The number of phenolic OH excluding ortho intramolecular Hbond substituents is 1. The molecule has 2 aromatic rings. The van der Waals surface area contributed by atoms with Crippen LogP contribution in [0.5, 0.6) is 5.75 Å². The highest BCUT2D eigenvalue weighted by atomic mass is 16.4. The van der Waals surface area contributed by atoms with Gasteiger partial charge >= 0.3 is 5.97 Å². The molecule has 1 heterocycles. The van der Waals surface area contributed by atoms with Gasteiger partial charge in [-0.1, -0.05) is 6.92 Å². The van der Waals surface area contributed by atoms with Crippen LogP contribution in [0.2, 0.25) is 0 Å². The van der Waals surface area contributed by atoms with Crippen molar-refractivity contribution < 1.29 is 15.0 Å². The molecule has 3 N–H and O–H groups in total. The van der Waals surface area contributed by atoms with Crippen molar-refractivity contribution in [3.05, 3.63) is 35.8 Å². The van der Waals surface area contributed by atoms with Crippen molar-refractivity contribution in [3.63, 3.8) is 0 Å². The number of carboxylic acids is 1. The van der Waals surface area contributed by atoms with Gasteiger partial charge in [0.15, 0.2) is 0 Å². The number of aromatic nitrogens is 2. The summed E-state index contributed by atoms with van der Waals surface area (Å²) in [5.41, 5.74) is 2.17. The second-order valence-electron chi connectivity index (χ2n) is 3.62. The summed E-state index contributed by atoms with van der Waals surface area (Å²) >= 11 is 0. The van der Waals surface area contributed by atoms with E-state index < -0.39 is 5.97 Å². The topological polar surface area (TPSA) is 86.2 Å². The van der Waals surface area contributed by atoms with E-state index in [0.717, 1.165) is 11.3 Å². The van der Waals surface area contributed by atoms with Crippen molar-refractivity contribution >= 4 is 5.97 Å². The Balaban J connectivity index is 2.50. The van der Waals surface area contributed by atoms with Crippen molar-refractivity contribution in [1.29, 1.82) is 0 Å². The lowest BCUT2D eigenvalue weighted by Gasteiger charge is -2.00. The molecule has 0 atom stereocenters. The van der Waals surface area contributed by atoms with E-state index in [2.05, 4.69) is 9.97 Å². The number of aromatic amines is 1. The number of hydrogen-bond acceptors (Lipinski definition) is 3. The first-order valence-electron chi connectivity index (χ1n) is 5.23. The molecule has 2 rings (SSSR count). The van der Waals surface area contributed by atoms with Gasteiger partial charge in [-0.3, -0.25) is 0 Å². The number of aryl methyl sites for hydroxylation is 1. The van der Waals surface area contributed by atoms with Crippen LogP contribution in [0, 0.1) is 0 Å². The molecule has 0 saturated carbocycles. The molecule has 0 radical (unpaired) electrons. The Morgan fingerprint density at radius 1 is 1.35 bits per heavy atom. The Labute approximate surface area is 97.8 Å². The van der Waals surface area contributed by atoms with Crippen LogP contribution in [0.4, 0.5) is 0 Å². The molecule has 0 aliphatic carbocycles. The Bertz CT molecular complexity index is 543. The number of hydrogen-bond donors (Lipinski definition) is 3. The number of aromatic hydroxyl groups is 1. The van der Waals surface area contributed by atoms with Crippen LogP contribution in [0.25, 0.3) is 11.3 Å². The van der Waals surface area contributed by atoms with Crippen LogP contribution in [0.1, 0.15) is 23.2 Å². The highest BCUT2D eigenvalue weighted by Gasteiger charge is 2.14. The molecule has 1 aromatic carbocycles. The minimum atomic E-state index is -1.08. The SMILES string of the molecule is CCc1[nH]c(C(=O)O)nc1-c1ccc(O)cc1. The summed E-state index contributed by atoms with van der Waals surface area (Å²) in [4.78, 5) is 17.6. The van der Waals surface area contributed by atoms with Crippen LogP contribution in [0.3, 0.4) is 0 Å². The molecule has 1 aromatic heterocycles. The molecule has 17 heavy (non-hydrogen) atoms. The number of aromatic carboxylic acids is 1. The van der Waals surface area contributed by atoms with Gasteiger partial charge in [0, 0.05) is 11.3 Å². The predicted octanol–water partition coefficient (Wildman–Crippen LogP) is 2.04. The zero-order valence-electron chi connectivity index (χ0n) is 9.27. The molecular weight excluding hydrogens is 220 g/mol. The lowest BCUT2D eigenvalue weighted by atomic mass is 10.1. The number of imidazole rings is 1. The summed E-state index contributed by atoms with van der Waals surface area (Å²) in [6.45, 7) is 1.92. The normalized spacial score (nSPS) is 10.4. The number of phenols is 1. The largest absolute Gasteiger partial charge is 0.508 e. The predicted molar refractivity (Wildman–Crippen MR) is 62.0 cm³/mol. The number of carboxylic acid groups (broad SMARTS) is 1. The molecule has 5 heteroatoms. The fraction of sp³-hybridized carbons (Fsp3) is 0.167. The van der Waals surface area contributed by atoms with Gasteiger partial charge in [0.25, 0.3) is 0 Å². The van der Waals surface area contributed by atoms with Crippen LogP contribution in [-0.2, 0) is 6.42 Å². The molecule has 5 nitrogen and oxygen atoms in total. The average Bonchev–Trinajstić information content (AvgIpc) is 2.74. The van der Waals surface area contributed by atoms with E-state index in [4.69, 9.17) is 5.11 Å². The number of nitrogens with zero attached hydrogens (tertiary/aromatic N) is 1. The molecular formula is C12H12N2O3. The van der Waals surface area contributed by atoms with E-state index in [1.54, 1.807) is 24.3 Å².